The number of hydrogen-bond acceptors (Lipinski definition) is 3. The van der Waals surface area contributed by atoms with Crippen LogP contribution in [0.1, 0.15) is 0 Å². The molecule has 228 valence electrons. The van der Waals surface area contributed by atoms with Gasteiger partial charge in [0.05, 0.1) is 22.4 Å². The highest BCUT2D eigenvalue weighted by molar-refractivity contribution is 6.19. The monoisotopic (exact) mass is 618 g/mol. The highest BCUT2D eigenvalue weighted by Gasteiger charge is 2.17. The van der Waals surface area contributed by atoms with Gasteiger partial charge in [-0.25, -0.2) is 14.8 Å². The molecule has 48 heavy (non-hydrogen) atoms. The quantitative estimate of drug-likeness (QED) is 0.146. The number of rotatable bonds is 4. The first-order valence-electron chi connectivity index (χ1n) is 16.1. The highest BCUT2D eigenvalue weighted by atomic mass is 16.1. The topological polar surface area (TPSA) is 52.7 Å². The van der Waals surface area contributed by atoms with Crippen LogP contribution in [0.5, 0.6) is 0 Å². The fourth-order valence-corrected chi connectivity index (χ4v) is 7.06. The minimum Gasteiger partial charge on any atom is -0.295 e. The van der Waals surface area contributed by atoms with Gasteiger partial charge in [0.1, 0.15) is 0 Å². The summed E-state index contributed by atoms with van der Waals surface area (Å²) < 4.78 is 3.38. The summed E-state index contributed by atoms with van der Waals surface area (Å²) in [7, 11) is 3.62. The van der Waals surface area contributed by atoms with Crippen LogP contribution in [-0.4, -0.2) is 19.1 Å². The van der Waals surface area contributed by atoms with Gasteiger partial charge in [-0.2, -0.15) is 0 Å². The lowest BCUT2D eigenvalue weighted by atomic mass is 9.91. The second-order valence-corrected chi connectivity index (χ2v) is 12.4. The summed E-state index contributed by atoms with van der Waals surface area (Å²) in [5, 5.41) is 7.15. The Morgan fingerprint density at radius 2 is 1.08 bits per heavy atom. The molecule has 0 aliphatic heterocycles. The number of aryl methyl sites for hydroxylation is 2. The van der Waals surface area contributed by atoms with Gasteiger partial charge in [-0.1, -0.05) is 121 Å². The van der Waals surface area contributed by atoms with E-state index in [0.717, 1.165) is 61.0 Å². The molecule has 5 heteroatoms. The molecule has 7 aromatic carbocycles. The molecule has 0 aliphatic carbocycles. The van der Waals surface area contributed by atoms with Gasteiger partial charge in [-0.15, -0.1) is 0 Å². The molecule has 0 unspecified atom stereocenters. The first-order valence-corrected chi connectivity index (χ1v) is 16.1. The molecule has 5 nitrogen and oxygen atoms in total. The minimum atomic E-state index is -0.0292. The summed E-state index contributed by atoms with van der Waals surface area (Å²) >= 11 is 0. The molecule has 2 aromatic heterocycles. The van der Waals surface area contributed by atoms with Gasteiger partial charge in [0, 0.05) is 30.8 Å². The average Bonchev–Trinajstić information content (AvgIpc) is 3.37. The summed E-state index contributed by atoms with van der Waals surface area (Å²) in [4.78, 5) is 22.9. The van der Waals surface area contributed by atoms with Gasteiger partial charge in [0.15, 0.2) is 5.82 Å². The van der Waals surface area contributed by atoms with Crippen molar-refractivity contribution in [3.05, 3.63) is 156 Å². The van der Waals surface area contributed by atoms with Crippen LogP contribution in [0, 0.1) is 0 Å². The van der Waals surface area contributed by atoms with E-state index in [1.54, 1.807) is 9.13 Å². The standard InChI is InChI=1S/C43H30N4O/c1-46-39-23-21-31(25-40(39)47(2)43(46)48)27-16-18-29(19-17-27)37-26-38(45-42(44-37)30-11-4-3-5-12-30)41-34-15-9-7-13-32(34)24-36-33-14-8-6-10-28(33)20-22-35(36)41/h3-26H,1-2H3. The molecule has 0 bridgehead atoms. The molecule has 0 fully saturated rings. The Morgan fingerprint density at radius 1 is 0.438 bits per heavy atom. The number of aromatic nitrogens is 4. The maximum absolute atomic E-state index is 12.5. The zero-order valence-corrected chi connectivity index (χ0v) is 26.6. The highest BCUT2D eigenvalue weighted by Crippen LogP contribution is 2.40. The molecule has 2 heterocycles. The van der Waals surface area contributed by atoms with Gasteiger partial charge >= 0.3 is 5.69 Å². The second-order valence-electron chi connectivity index (χ2n) is 12.4. The Balaban J connectivity index is 1.24. The van der Waals surface area contributed by atoms with Crippen LogP contribution in [0.2, 0.25) is 0 Å². The molecule has 0 saturated heterocycles. The maximum atomic E-state index is 12.5. The first kappa shape index (κ1) is 27.9. The molecule has 0 amide bonds. The van der Waals surface area contributed by atoms with Crippen molar-refractivity contribution in [2.24, 2.45) is 14.1 Å². The lowest BCUT2D eigenvalue weighted by Crippen LogP contribution is -2.19. The third-order valence-electron chi connectivity index (χ3n) is 9.57. The van der Waals surface area contributed by atoms with Gasteiger partial charge in [-0.3, -0.25) is 9.13 Å². The first-order chi connectivity index (χ1) is 23.5. The van der Waals surface area contributed by atoms with Crippen molar-refractivity contribution >= 4 is 43.4 Å². The predicted molar refractivity (Wildman–Crippen MR) is 198 cm³/mol. The van der Waals surface area contributed by atoms with E-state index in [1.165, 1.54) is 21.5 Å². The van der Waals surface area contributed by atoms with Crippen molar-refractivity contribution in [1.29, 1.82) is 0 Å². The van der Waals surface area contributed by atoms with Crippen LogP contribution in [0.25, 0.3) is 88.4 Å². The van der Waals surface area contributed by atoms with E-state index in [2.05, 4.69) is 121 Å². The van der Waals surface area contributed by atoms with Crippen molar-refractivity contribution in [1.82, 2.24) is 19.1 Å². The van der Waals surface area contributed by atoms with Gasteiger partial charge in [-0.05, 0) is 67.7 Å². The lowest BCUT2D eigenvalue weighted by molar-refractivity contribution is 0.795. The van der Waals surface area contributed by atoms with Crippen LogP contribution < -0.4 is 5.69 Å². The third kappa shape index (κ3) is 4.43. The van der Waals surface area contributed by atoms with Crippen LogP contribution in [0.4, 0.5) is 0 Å². The van der Waals surface area contributed by atoms with Crippen LogP contribution >= 0.6 is 0 Å². The van der Waals surface area contributed by atoms with E-state index in [4.69, 9.17) is 9.97 Å². The summed E-state index contributed by atoms with van der Waals surface area (Å²) in [5.74, 6) is 0.685. The fourth-order valence-electron chi connectivity index (χ4n) is 7.06. The van der Waals surface area contributed by atoms with Crippen molar-refractivity contribution in [2.75, 3.05) is 0 Å². The molecule has 0 atom stereocenters. The van der Waals surface area contributed by atoms with E-state index in [-0.39, 0.29) is 5.69 Å². The van der Waals surface area contributed by atoms with Crippen LogP contribution in [-0.2, 0) is 14.1 Å². The fraction of sp³-hybridized carbons (Fsp3) is 0.0465. The van der Waals surface area contributed by atoms with Crippen molar-refractivity contribution in [2.45, 2.75) is 0 Å². The SMILES string of the molecule is Cn1c(=O)n(C)c2cc(-c3ccc(-c4cc(-c5c6ccccc6cc6c5ccc5ccccc56)nc(-c5ccccc5)n4)cc3)ccc21. The Labute approximate surface area is 277 Å². The summed E-state index contributed by atoms with van der Waals surface area (Å²) in [5.41, 5.74) is 8.73. The molecule has 9 rings (SSSR count). The zero-order chi connectivity index (χ0) is 32.4. The largest absolute Gasteiger partial charge is 0.328 e. The molecule has 0 aliphatic rings. The van der Waals surface area contributed by atoms with Crippen LogP contribution in [0.3, 0.4) is 0 Å². The summed E-state index contributed by atoms with van der Waals surface area (Å²) in [6.07, 6.45) is 0. The summed E-state index contributed by atoms with van der Waals surface area (Å²) in [6.45, 7) is 0. The molecular formula is C43H30N4O. The summed E-state index contributed by atoms with van der Waals surface area (Å²) in [6, 6.07) is 50.9. The third-order valence-corrected chi connectivity index (χ3v) is 9.57. The van der Waals surface area contributed by atoms with Gasteiger partial charge in [0.2, 0.25) is 0 Å². The molecule has 9 aromatic rings. The second kappa shape index (κ2) is 10.9. The number of benzene rings is 7. The Bertz CT molecular complexity index is 2760. The van der Waals surface area contributed by atoms with Crippen LogP contribution in [0.15, 0.2) is 150 Å². The number of nitrogens with zero attached hydrogens (tertiary/aromatic N) is 4. The van der Waals surface area contributed by atoms with E-state index in [1.807, 2.05) is 38.4 Å². The number of imidazole rings is 1. The van der Waals surface area contributed by atoms with Gasteiger partial charge in [0.25, 0.3) is 0 Å². The Kier molecular flexibility index (Phi) is 6.34. The maximum Gasteiger partial charge on any atom is 0.328 e. The van der Waals surface area contributed by atoms with Gasteiger partial charge < -0.3 is 0 Å². The Morgan fingerprint density at radius 3 is 1.90 bits per heavy atom. The van der Waals surface area contributed by atoms with Crippen molar-refractivity contribution < 1.29 is 0 Å². The zero-order valence-electron chi connectivity index (χ0n) is 26.6. The molecule has 0 N–H and O–H groups in total. The van der Waals surface area contributed by atoms with Crippen molar-refractivity contribution in [3.63, 3.8) is 0 Å². The lowest BCUT2D eigenvalue weighted by Gasteiger charge is -2.15. The number of hydrogen-bond donors (Lipinski definition) is 0. The minimum absolute atomic E-state index is 0.0292. The van der Waals surface area contributed by atoms with E-state index >= 15 is 0 Å². The predicted octanol–water partition coefficient (Wildman–Crippen LogP) is 9.79. The molecule has 0 radical (unpaired) electrons. The normalized spacial score (nSPS) is 11.6. The number of fused-ring (bicyclic) bond motifs is 5. The Hall–Kier alpha value is -6.33. The van der Waals surface area contributed by atoms with E-state index in [9.17, 15) is 4.79 Å². The van der Waals surface area contributed by atoms with E-state index < -0.39 is 0 Å². The molecule has 0 saturated carbocycles. The average molecular weight is 619 g/mol. The molecular weight excluding hydrogens is 589 g/mol. The molecule has 0 spiro atoms. The van der Waals surface area contributed by atoms with E-state index in [0.29, 0.717) is 5.82 Å². The van der Waals surface area contributed by atoms with Crippen molar-refractivity contribution in [3.8, 4) is 45.0 Å². The smallest absolute Gasteiger partial charge is 0.295 e.